The summed E-state index contributed by atoms with van der Waals surface area (Å²) in [6.07, 6.45) is 1.07. The normalized spacial score (nSPS) is 18.2. The number of ether oxygens (including phenoxy) is 1. The van der Waals surface area contributed by atoms with Crippen LogP contribution in [-0.4, -0.2) is 13.7 Å². The summed E-state index contributed by atoms with van der Waals surface area (Å²) < 4.78 is 5.30. The molecule has 2 aromatic rings. The molecular formula is C16H17NO. The average molecular weight is 239 g/mol. The maximum absolute atomic E-state index is 5.30. The average Bonchev–Trinajstić information content (AvgIpc) is 2.47. The van der Waals surface area contributed by atoms with E-state index in [-0.39, 0.29) is 0 Å². The smallest absolute Gasteiger partial charge is 0.119 e. The molecule has 1 N–H and O–H groups in total. The predicted molar refractivity (Wildman–Crippen MR) is 73.0 cm³/mol. The van der Waals surface area contributed by atoms with E-state index >= 15 is 0 Å². The molecule has 1 atom stereocenters. The number of methoxy groups -OCH3 is 1. The lowest BCUT2D eigenvalue weighted by Crippen LogP contribution is -2.30. The highest BCUT2D eigenvalue weighted by Gasteiger charge is 2.21. The number of nitrogens with one attached hydrogen (secondary N) is 1. The summed E-state index contributed by atoms with van der Waals surface area (Å²) in [4.78, 5) is 0. The van der Waals surface area contributed by atoms with Crippen molar-refractivity contribution in [2.24, 2.45) is 0 Å². The van der Waals surface area contributed by atoms with Gasteiger partial charge in [-0.05, 0) is 35.2 Å². The Balaban J connectivity index is 2.02. The van der Waals surface area contributed by atoms with Crippen LogP contribution in [0.4, 0.5) is 0 Å². The minimum Gasteiger partial charge on any atom is -0.497 e. The summed E-state index contributed by atoms with van der Waals surface area (Å²) in [6.45, 7) is 1.01. The third-order valence-electron chi connectivity index (χ3n) is 3.54. The molecule has 0 unspecified atom stereocenters. The first kappa shape index (κ1) is 11.3. The predicted octanol–water partition coefficient (Wildman–Crippen LogP) is 2.93. The van der Waals surface area contributed by atoms with E-state index in [4.69, 9.17) is 4.74 Å². The summed E-state index contributed by atoms with van der Waals surface area (Å²) in [7, 11) is 1.72. The van der Waals surface area contributed by atoms with Gasteiger partial charge in [0.25, 0.3) is 0 Å². The summed E-state index contributed by atoms with van der Waals surface area (Å²) in [5, 5.41) is 3.59. The molecule has 0 radical (unpaired) electrons. The Hall–Kier alpha value is -1.80. The molecule has 3 rings (SSSR count). The maximum atomic E-state index is 5.30. The second-order valence-electron chi connectivity index (χ2n) is 4.61. The Morgan fingerprint density at radius 1 is 1.11 bits per heavy atom. The molecule has 92 valence electrons. The fraction of sp³-hybridized carbons (Fsp3) is 0.250. The van der Waals surface area contributed by atoms with Crippen molar-refractivity contribution in [1.29, 1.82) is 0 Å². The Labute approximate surface area is 108 Å². The van der Waals surface area contributed by atoms with Gasteiger partial charge in [-0.1, -0.05) is 36.4 Å². The van der Waals surface area contributed by atoms with Crippen LogP contribution in [0.5, 0.6) is 5.75 Å². The molecular weight excluding hydrogens is 222 g/mol. The highest BCUT2D eigenvalue weighted by atomic mass is 16.5. The van der Waals surface area contributed by atoms with E-state index in [1.165, 1.54) is 16.7 Å². The van der Waals surface area contributed by atoms with Crippen LogP contribution < -0.4 is 10.1 Å². The Kier molecular flexibility index (Phi) is 3.03. The van der Waals surface area contributed by atoms with Gasteiger partial charge >= 0.3 is 0 Å². The van der Waals surface area contributed by atoms with Gasteiger partial charge in [0.2, 0.25) is 0 Å². The van der Waals surface area contributed by atoms with Crippen molar-refractivity contribution in [3.8, 4) is 5.75 Å². The standard InChI is InChI=1S/C16H17NO/c1-18-14-7-8-15-13(11-14)9-10-17-16(15)12-5-3-2-4-6-12/h2-8,11,16-17H,9-10H2,1H3/t16-/m1/s1. The van der Waals surface area contributed by atoms with Gasteiger partial charge in [0.05, 0.1) is 13.2 Å². The van der Waals surface area contributed by atoms with E-state index in [9.17, 15) is 0 Å². The molecule has 0 aliphatic carbocycles. The van der Waals surface area contributed by atoms with Crippen LogP contribution in [0.15, 0.2) is 48.5 Å². The molecule has 0 bridgehead atoms. The van der Waals surface area contributed by atoms with Gasteiger partial charge in [-0.25, -0.2) is 0 Å². The maximum Gasteiger partial charge on any atom is 0.119 e. The van der Waals surface area contributed by atoms with E-state index in [2.05, 4.69) is 47.8 Å². The van der Waals surface area contributed by atoms with Crippen molar-refractivity contribution < 1.29 is 4.74 Å². The summed E-state index contributed by atoms with van der Waals surface area (Å²) in [6, 6.07) is 17.3. The fourth-order valence-corrected chi connectivity index (χ4v) is 2.61. The number of rotatable bonds is 2. The Morgan fingerprint density at radius 3 is 2.72 bits per heavy atom. The molecule has 2 heteroatoms. The minimum absolute atomic E-state index is 0.306. The lowest BCUT2D eigenvalue weighted by atomic mass is 9.90. The topological polar surface area (TPSA) is 21.3 Å². The van der Waals surface area contributed by atoms with Crippen LogP contribution in [0.1, 0.15) is 22.7 Å². The van der Waals surface area contributed by atoms with Crippen molar-refractivity contribution in [2.45, 2.75) is 12.5 Å². The van der Waals surface area contributed by atoms with E-state index in [1.807, 2.05) is 6.07 Å². The molecule has 0 saturated heterocycles. The molecule has 0 aromatic heterocycles. The van der Waals surface area contributed by atoms with Crippen molar-refractivity contribution in [2.75, 3.05) is 13.7 Å². The van der Waals surface area contributed by atoms with Crippen molar-refractivity contribution >= 4 is 0 Å². The quantitative estimate of drug-likeness (QED) is 0.870. The molecule has 0 amide bonds. The van der Waals surface area contributed by atoms with E-state index in [0.29, 0.717) is 6.04 Å². The lowest BCUT2D eigenvalue weighted by Gasteiger charge is -2.27. The number of benzene rings is 2. The summed E-state index contributed by atoms with van der Waals surface area (Å²) >= 11 is 0. The van der Waals surface area contributed by atoms with E-state index < -0.39 is 0 Å². The molecule has 18 heavy (non-hydrogen) atoms. The van der Waals surface area contributed by atoms with Crippen LogP contribution in [0.2, 0.25) is 0 Å². The van der Waals surface area contributed by atoms with Crippen LogP contribution in [0.3, 0.4) is 0 Å². The minimum atomic E-state index is 0.306. The third-order valence-corrected chi connectivity index (χ3v) is 3.54. The first-order chi connectivity index (χ1) is 8.88. The van der Waals surface area contributed by atoms with Gasteiger partial charge < -0.3 is 10.1 Å². The summed E-state index contributed by atoms with van der Waals surface area (Å²) in [5.41, 5.74) is 4.08. The molecule has 1 heterocycles. The largest absolute Gasteiger partial charge is 0.497 e. The third kappa shape index (κ3) is 2.00. The molecule has 1 aliphatic rings. The molecule has 0 spiro atoms. The molecule has 2 aromatic carbocycles. The Morgan fingerprint density at radius 2 is 1.94 bits per heavy atom. The molecule has 0 saturated carbocycles. The van der Waals surface area contributed by atoms with Gasteiger partial charge in [0.15, 0.2) is 0 Å². The lowest BCUT2D eigenvalue weighted by molar-refractivity contribution is 0.413. The number of hydrogen-bond acceptors (Lipinski definition) is 2. The van der Waals surface area contributed by atoms with E-state index in [1.54, 1.807) is 7.11 Å². The molecule has 0 fully saturated rings. The SMILES string of the molecule is COc1ccc2c(c1)CCN[C@@H]2c1ccccc1. The molecule has 1 aliphatic heterocycles. The summed E-state index contributed by atoms with van der Waals surface area (Å²) in [5.74, 6) is 0.947. The van der Waals surface area contributed by atoms with E-state index in [0.717, 1.165) is 18.7 Å². The number of hydrogen-bond donors (Lipinski definition) is 1. The zero-order valence-electron chi connectivity index (χ0n) is 10.5. The zero-order valence-corrected chi connectivity index (χ0v) is 10.5. The van der Waals surface area contributed by atoms with Gasteiger partial charge in [-0.15, -0.1) is 0 Å². The zero-order chi connectivity index (χ0) is 12.4. The van der Waals surface area contributed by atoms with Crippen LogP contribution >= 0.6 is 0 Å². The Bertz CT molecular complexity index is 536. The van der Waals surface area contributed by atoms with Gasteiger partial charge in [-0.3, -0.25) is 0 Å². The first-order valence-electron chi connectivity index (χ1n) is 6.33. The van der Waals surface area contributed by atoms with Crippen LogP contribution in [0.25, 0.3) is 0 Å². The monoisotopic (exact) mass is 239 g/mol. The van der Waals surface area contributed by atoms with Crippen molar-refractivity contribution in [1.82, 2.24) is 5.32 Å². The van der Waals surface area contributed by atoms with Crippen molar-refractivity contribution in [3.63, 3.8) is 0 Å². The number of fused-ring (bicyclic) bond motifs is 1. The van der Waals surface area contributed by atoms with Crippen LogP contribution in [0, 0.1) is 0 Å². The van der Waals surface area contributed by atoms with Crippen LogP contribution in [-0.2, 0) is 6.42 Å². The second-order valence-corrected chi connectivity index (χ2v) is 4.61. The highest BCUT2D eigenvalue weighted by Crippen LogP contribution is 2.30. The van der Waals surface area contributed by atoms with Gasteiger partial charge in [-0.2, -0.15) is 0 Å². The fourth-order valence-electron chi connectivity index (χ4n) is 2.61. The highest BCUT2D eigenvalue weighted by molar-refractivity contribution is 5.43. The van der Waals surface area contributed by atoms with Gasteiger partial charge in [0, 0.05) is 6.54 Å². The van der Waals surface area contributed by atoms with Gasteiger partial charge in [0.1, 0.15) is 5.75 Å². The second kappa shape index (κ2) is 4.83. The molecule has 2 nitrogen and oxygen atoms in total. The first-order valence-corrected chi connectivity index (χ1v) is 6.33. The van der Waals surface area contributed by atoms with Crippen molar-refractivity contribution in [3.05, 3.63) is 65.2 Å².